The summed E-state index contributed by atoms with van der Waals surface area (Å²) in [5.41, 5.74) is 5.96. The molecule has 0 atom stereocenters. The Morgan fingerprint density at radius 1 is 0.875 bits per heavy atom. The summed E-state index contributed by atoms with van der Waals surface area (Å²) in [5, 5.41) is 0.237. The van der Waals surface area contributed by atoms with Crippen molar-refractivity contribution in [1.29, 1.82) is 0 Å². The third-order valence-electron chi connectivity index (χ3n) is 4.48. The van der Waals surface area contributed by atoms with E-state index >= 15 is 0 Å². The van der Waals surface area contributed by atoms with Gasteiger partial charge in [-0.05, 0) is 55.0 Å². The van der Waals surface area contributed by atoms with Crippen LogP contribution in [0.3, 0.4) is 0 Å². The first-order chi connectivity index (χ1) is 15.2. The number of carbonyl (C=O) groups is 2. The van der Waals surface area contributed by atoms with E-state index in [1.807, 2.05) is 6.92 Å². The smallest absolute Gasteiger partial charge is 0.269 e. The lowest BCUT2D eigenvalue weighted by atomic mass is 10.1. The first-order valence-electron chi connectivity index (χ1n) is 9.34. The normalized spacial score (nSPS) is 10.8. The summed E-state index contributed by atoms with van der Waals surface area (Å²) < 4.78 is 32.9. The van der Waals surface area contributed by atoms with Crippen molar-refractivity contribution >= 4 is 39.1 Å². The van der Waals surface area contributed by atoms with Gasteiger partial charge in [0, 0.05) is 11.1 Å². The number of ether oxygens (including phenoxy) is 1. The number of sulfonamides is 1. The highest BCUT2D eigenvalue weighted by Crippen LogP contribution is 2.24. The van der Waals surface area contributed by atoms with Crippen molar-refractivity contribution in [1.82, 2.24) is 10.9 Å². The number of halogens is 1. The Kier molecular flexibility index (Phi) is 7.01. The van der Waals surface area contributed by atoms with E-state index in [2.05, 4.69) is 15.6 Å². The minimum Gasteiger partial charge on any atom is -0.496 e. The Labute approximate surface area is 190 Å². The molecule has 0 aromatic heterocycles. The number of hydrogen-bond acceptors (Lipinski definition) is 5. The molecule has 0 bridgehead atoms. The summed E-state index contributed by atoms with van der Waals surface area (Å²) in [6.07, 6.45) is 0. The van der Waals surface area contributed by atoms with Crippen LogP contribution in [-0.4, -0.2) is 27.3 Å². The zero-order valence-electron chi connectivity index (χ0n) is 17.2. The number of nitrogens with one attached hydrogen (secondary N) is 3. The van der Waals surface area contributed by atoms with Gasteiger partial charge in [-0.15, -0.1) is 0 Å². The summed E-state index contributed by atoms with van der Waals surface area (Å²) in [6, 6.07) is 16.6. The van der Waals surface area contributed by atoms with E-state index in [9.17, 15) is 18.0 Å². The predicted octanol–water partition coefficient (Wildman–Crippen LogP) is 3.53. The van der Waals surface area contributed by atoms with Gasteiger partial charge in [-0.3, -0.25) is 25.2 Å². The topological polar surface area (TPSA) is 114 Å². The van der Waals surface area contributed by atoms with Crippen LogP contribution in [0.25, 0.3) is 0 Å². The minimum atomic E-state index is -3.99. The second kappa shape index (κ2) is 9.71. The van der Waals surface area contributed by atoms with Crippen LogP contribution in [0.5, 0.6) is 5.75 Å². The molecule has 0 fully saturated rings. The lowest BCUT2D eigenvalue weighted by Crippen LogP contribution is -2.41. The molecule has 0 aliphatic carbocycles. The standard InChI is InChI=1S/C22H20ClN3O5S/c1-14-10-11-16(13-20(14)31-2)22(28)25-24-21(27)15-6-5-7-17(12-15)32(29,30)26-19-9-4-3-8-18(19)23/h3-13,26H,1-2H3,(H,24,27)(H,25,28). The van der Waals surface area contributed by atoms with Gasteiger partial charge in [0.15, 0.2) is 0 Å². The van der Waals surface area contributed by atoms with E-state index in [0.717, 1.165) is 5.56 Å². The molecule has 10 heteroatoms. The monoisotopic (exact) mass is 473 g/mol. The number of para-hydroxylation sites is 1. The first kappa shape index (κ1) is 23.1. The van der Waals surface area contributed by atoms with E-state index < -0.39 is 21.8 Å². The highest BCUT2D eigenvalue weighted by molar-refractivity contribution is 7.92. The number of rotatable bonds is 6. The van der Waals surface area contributed by atoms with Gasteiger partial charge in [-0.2, -0.15) is 0 Å². The average Bonchev–Trinajstić information content (AvgIpc) is 2.79. The fourth-order valence-electron chi connectivity index (χ4n) is 2.77. The fourth-order valence-corrected chi connectivity index (χ4v) is 4.14. The molecule has 2 amide bonds. The molecule has 0 spiro atoms. The van der Waals surface area contributed by atoms with Crippen LogP contribution in [0.2, 0.25) is 5.02 Å². The zero-order valence-corrected chi connectivity index (χ0v) is 18.8. The van der Waals surface area contributed by atoms with Crippen molar-refractivity contribution < 1.29 is 22.7 Å². The van der Waals surface area contributed by atoms with Crippen LogP contribution in [-0.2, 0) is 10.0 Å². The molecule has 0 heterocycles. The molecule has 3 N–H and O–H groups in total. The number of hydrogen-bond donors (Lipinski definition) is 3. The molecule has 3 aromatic rings. The highest BCUT2D eigenvalue weighted by Gasteiger charge is 2.18. The van der Waals surface area contributed by atoms with Crippen molar-refractivity contribution in [2.24, 2.45) is 0 Å². The number of carbonyl (C=O) groups excluding carboxylic acids is 2. The van der Waals surface area contributed by atoms with E-state index in [1.165, 1.54) is 37.4 Å². The highest BCUT2D eigenvalue weighted by atomic mass is 35.5. The van der Waals surface area contributed by atoms with Crippen molar-refractivity contribution in [3.8, 4) is 5.75 Å². The number of benzene rings is 3. The maximum Gasteiger partial charge on any atom is 0.269 e. The molecule has 3 rings (SSSR count). The van der Waals surface area contributed by atoms with Crippen molar-refractivity contribution in [3.05, 3.63) is 88.4 Å². The van der Waals surface area contributed by atoms with Crippen LogP contribution in [0.1, 0.15) is 26.3 Å². The largest absolute Gasteiger partial charge is 0.496 e. The van der Waals surface area contributed by atoms with Gasteiger partial charge in [-0.1, -0.05) is 35.9 Å². The first-order valence-corrected chi connectivity index (χ1v) is 11.2. The Bertz CT molecular complexity index is 1280. The second-order valence-electron chi connectivity index (χ2n) is 6.71. The Balaban J connectivity index is 1.71. The van der Waals surface area contributed by atoms with Gasteiger partial charge in [0.05, 0.1) is 22.7 Å². The van der Waals surface area contributed by atoms with Crippen LogP contribution in [0.4, 0.5) is 5.69 Å². The van der Waals surface area contributed by atoms with Gasteiger partial charge < -0.3 is 4.74 Å². The minimum absolute atomic E-state index is 0.0359. The van der Waals surface area contributed by atoms with Gasteiger partial charge in [0.2, 0.25) is 0 Å². The van der Waals surface area contributed by atoms with Crippen molar-refractivity contribution in [3.63, 3.8) is 0 Å². The van der Waals surface area contributed by atoms with Crippen LogP contribution in [0, 0.1) is 6.92 Å². The fraction of sp³-hybridized carbons (Fsp3) is 0.0909. The van der Waals surface area contributed by atoms with E-state index in [1.54, 1.807) is 36.4 Å². The Morgan fingerprint density at radius 3 is 2.19 bits per heavy atom. The SMILES string of the molecule is COc1cc(C(=O)NNC(=O)c2cccc(S(=O)(=O)Nc3ccccc3Cl)c2)ccc1C. The lowest BCUT2D eigenvalue weighted by molar-refractivity contribution is 0.0846. The maximum atomic E-state index is 12.7. The molecular formula is C22H20ClN3O5S. The van der Waals surface area contributed by atoms with Crippen LogP contribution < -0.4 is 20.3 Å². The van der Waals surface area contributed by atoms with Crippen molar-refractivity contribution in [2.75, 3.05) is 11.8 Å². The van der Waals surface area contributed by atoms with E-state index in [0.29, 0.717) is 5.75 Å². The average molecular weight is 474 g/mol. The van der Waals surface area contributed by atoms with Crippen molar-refractivity contribution in [2.45, 2.75) is 11.8 Å². The molecule has 0 saturated heterocycles. The summed E-state index contributed by atoms with van der Waals surface area (Å²) in [6.45, 7) is 1.84. The molecule has 0 radical (unpaired) electrons. The van der Waals surface area contributed by atoms with Gasteiger partial charge >= 0.3 is 0 Å². The van der Waals surface area contributed by atoms with Gasteiger partial charge in [-0.25, -0.2) is 8.42 Å². The molecule has 0 aliphatic heterocycles. The lowest BCUT2D eigenvalue weighted by Gasteiger charge is -2.12. The second-order valence-corrected chi connectivity index (χ2v) is 8.80. The molecule has 8 nitrogen and oxygen atoms in total. The molecule has 166 valence electrons. The summed E-state index contributed by atoms with van der Waals surface area (Å²) in [7, 11) is -2.50. The summed E-state index contributed by atoms with van der Waals surface area (Å²) in [4.78, 5) is 24.6. The molecule has 0 aliphatic rings. The predicted molar refractivity (Wildman–Crippen MR) is 121 cm³/mol. The third-order valence-corrected chi connectivity index (χ3v) is 6.18. The quantitative estimate of drug-likeness (QED) is 0.474. The number of hydrazine groups is 1. The summed E-state index contributed by atoms with van der Waals surface area (Å²) >= 11 is 6.01. The molecule has 3 aromatic carbocycles. The zero-order chi connectivity index (χ0) is 23.3. The third kappa shape index (κ3) is 5.37. The maximum absolute atomic E-state index is 12.7. The number of anilines is 1. The number of amides is 2. The molecule has 0 saturated carbocycles. The summed E-state index contributed by atoms with van der Waals surface area (Å²) in [5.74, 6) is -0.707. The van der Waals surface area contributed by atoms with E-state index in [-0.39, 0.29) is 26.7 Å². The molecule has 32 heavy (non-hydrogen) atoms. The number of methoxy groups -OCH3 is 1. The Hall–Kier alpha value is -3.56. The van der Waals surface area contributed by atoms with Crippen LogP contribution in [0.15, 0.2) is 71.6 Å². The van der Waals surface area contributed by atoms with Gasteiger partial charge in [0.1, 0.15) is 5.75 Å². The Morgan fingerprint density at radius 2 is 1.53 bits per heavy atom. The molecular weight excluding hydrogens is 454 g/mol. The number of aryl methyl sites for hydroxylation is 1. The van der Waals surface area contributed by atoms with Crippen LogP contribution >= 0.6 is 11.6 Å². The van der Waals surface area contributed by atoms with Gasteiger partial charge in [0.25, 0.3) is 21.8 Å². The van der Waals surface area contributed by atoms with E-state index in [4.69, 9.17) is 16.3 Å². The molecule has 0 unspecified atom stereocenters.